The Morgan fingerprint density at radius 1 is 1.05 bits per heavy atom. The SMILES string of the molecule is Cc1cc(Oc2ccccc2)ccc1N(C(=O)CCl)[C@H](C(=O)N1CCN(C(=O)OC(C)(C)C)[C@@H](C)C1)c1cccs1. The molecule has 0 aliphatic carbocycles. The summed E-state index contributed by atoms with van der Waals surface area (Å²) < 4.78 is 11.5. The predicted molar refractivity (Wildman–Crippen MR) is 162 cm³/mol. The number of rotatable bonds is 7. The molecule has 2 aromatic carbocycles. The minimum absolute atomic E-state index is 0.231. The molecular formula is C31H36ClN3O5S. The van der Waals surface area contributed by atoms with E-state index in [1.807, 2.05) is 88.5 Å². The highest BCUT2D eigenvalue weighted by Crippen LogP contribution is 2.36. The minimum atomic E-state index is -0.916. The molecule has 4 rings (SSSR count). The standard InChI is InChI=1S/C31H36ClN3O5S/c1-21-18-24(39-23-10-7-6-8-11-23)13-14-25(21)35(27(36)19-32)28(26-12-9-17-41-26)29(37)33-15-16-34(22(2)20-33)30(38)40-31(3,4)5/h6-14,17-18,22,28H,15-16,19-20H2,1-5H3/t22-,28-/m0/s1. The van der Waals surface area contributed by atoms with E-state index in [9.17, 15) is 14.4 Å². The van der Waals surface area contributed by atoms with Crippen LogP contribution in [0.2, 0.25) is 0 Å². The molecule has 218 valence electrons. The van der Waals surface area contributed by atoms with Gasteiger partial charge in [0.15, 0.2) is 0 Å². The molecule has 1 fully saturated rings. The zero-order valence-corrected chi connectivity index (χ0v) is 25.6. The average molecular weight is 598 g/mol. The number of benzene rings is 2. The van der Waals surface area contributed by atoms with Gasteiger partial charge in [0, 0.05) is 36.2 Å². The van der Waals surface area contributed by atoms with Crippen molar-refractivity contribution in [3.8, 4) is 11.5 Å². The number of ether oxygens (including phenoxy) is 2. The maximum Gasteiger partial charge on any atom is 0.410 e. The van der Waals surface area contributed by atoms with E-state index < -0.39 is 23.6 Å². The van der Waals surface area contributed by atoms with Gasteiger partial charge < -0.3 is 19.3 Å². The molecule has 10 heteroatoms. The first-order chi connectivity index (χ1) is 19.5. The number of para-hydroxylation sites is 1. The predicted octanol–water partition coefficient (Wildman–Crippen LogP) is 6.63. The van der Waals surface area contributed by atoms with Gasteiger partial charge in [0.1, 0.15) is 29.0 Å². The van der Waals surface area contributed by atoms with Crippen molar-refractivity contribution in [3.05, 3.63) is 76.5 Å². The van der Waals surface area contributed by atoms with E-state index in [4.69, 9.17) is 21.1 Å². The van der Waals surface area contributed by atoms with Gasteiger partial charge in [0.05, 0.1) is 0 Å². The molecule has 3 amide bonds. The third-order valence-electron chi connectivity index (χ3n) is 6.66. The quantitative estimate of drug-likeness (QED) is 0.286. The number of aryl methyl sites for hydroxylation is 1. The number of alkyl halides is 1. The van der Waals surface area contributed by atoms with Crippen LogP contribution in [0.15, 0.2) is 66.0 Å². The Morgan fingerprint density at radius 3 is 2.37 bits per heavy atom. The van der Waals surface area contributed by atoms with Gasteiger partial charge in [0.2, 0.25) is 5.91 Å². The van der Waals surface area contributed by atoms with Crippen LogP contribution < -0.4 is 9.64 Å². The summed E-state index contributed by atoms with van der Waals surface area (Å²) in [6, 6.07) is 17.4. The van der Waals surface area contributed by atoms with Crippen molar-refractivity contribution in [2.75, 3.05) is 30.4 Å². The lowest BCUT2D eigenvalue weighted by Gasteiger charge is -2.42. The highest BCUT2D eigenvalue weighted by atomic mass is 35.5. The van der Waals surface area contributed by atoms with Crippen molar-refractivity contribution in [2.45, 2.75) is 52.3 Å². The van der Waals surface area contributed by atoms with Gasteiger partial charge in [-0.3, -0.25) is 14.5 Å². The molecular weight excluding hydrogens is 562 g/mol. The number of thiophene rings is 1. The second-order valence-corrected chi connectivity index (χ2v) is 12.2. The number of amides is 3. The van der Waals surface area contributed by atoms with Crippen molar-refractivity contribution < 1.29 is 23.9 Å². The fraction of sp³-hybridized carbons (Fsp3) is 0.387. The normalized spacial score (nSPS) is 16.2. The minimum Gasteiger partial charge on any atom is -0.457 e. The molecule has 1 saturated heterocycles. The number of hydrogen-bond donors (Lipinski definition) is 0. The first-order valence-corrected chi connectivity index (χ1v) is 14.9. The molecule has 41 heavy (non-hydrogen) atoms. The average Bonchev–Trinajstić information content (AvgIpc) is 3.45. The van der Waals surface area contributed by atoms with Crippen molar-refractivity contribution in [2.24, 2.45) is 0 Å². The number of carbonyl (C=O) groups excluding carboxylic acids is 3. The monoisotopic (exact) mass is 597 g/mol. The summed E-state index contributed by atoms with van der Waals surface area (Å²) in [4.78, 5) is 46.0. The first-order valence-electron chi connectivity index (χ1n) is 13.5. The summed E-state index contributed by atoms with van der Waals surface area (Å²) in [5, 5.41) is 1.88. The molecule has 0 spiro atoms. The number of piperazine rings is 1. The van der Waals surface area contributed by atoms with Crippen LogP contribution in [-0.4, -0.2) is 64.9 Å². The third-order valence-corrected chi connectivity index (χ3v) is 7.82. The highest BCUT2D eigenvalue weighted by Gasteiger charge is 2.40. The molecule has 0 N–H and O–H groups in total. The van der Waals surface area contributed by atoms with E-state index in [0.717, 1.165) is 10.4 Å². The molecule has 1 aliphatic heterocycles. The molecule has 3 aromatic rings. The van der Waals surface area contributed by atoms with Gasteiger partial charge >= 0.3 is 6.09 Å². The maximum absolute atomic E-state index is 14.2. The van der Waals surface area contributed by atoms with Gasteiger partial charge in [-0.15, -0.1) is 22.9 Å². The summed E-state index contributed by atoms with van der Waals surface area (Å²) in [5.74, 6) is 0.394. The number of carbonyl (C=O) groups is 3. The molecule has 1 aliphatic rings. The topological polar surface area (TPSA) is 79.4 Å². The Balaban J connectivity index is 1.63. The van der Waals surface area contributed by atoms with Gasteiger partial charge in [0.25, 0.3) is 5.91 Å². The van der Waals surface area contributed by atoms with Crippen LogP contribution in [0.25, 0.3) is 0 Å². The molecule has 8 nitrogen and oxygen atoms in total. The van der Waals surface area contributed by atoms with E-state index in [0.29, 0.717) is 36.8 Å². The lowest BCUT2D eigenvalue weighted by atomic mass is 10.1. The Hall–Kier alpha value is -3.56. The third kappa shape index (κ3) is 7.40. The van der Waals surface area contributed by atoms with E-state index in [2.05, 4.69) is 0 Å². The van der Waals surface area contributed by atoms with Crippen molar-refractivity contribution in [3.63, 3.8) is 0 Å². The summed E-state index contributed by atoms with van der Waals surface area (Å²) in [6.45, 7) is 10.2. The van der Waals surface area contributed by atoms with Crippen molar-refractivity contribution >= 4 is 46.5 Å². The number of hydrogen-bond acceptors (Lipinski definition) is 6. The molecule has 0 radical (unpaired) electrons. The second-order valence-electron chi connectivity index (χ2n) is 11.0. The van der Waals surface area contributed by atoms with Crippen molar-refractivity contribution in [1.29, 1.82) is 0 Å². The smallest absolute Gasteiger partial charge is 0.410 e. The van der Waals surface area contributed by atoms with E-state index in [1.165, 1.54) is 16.2 Å². The lowest BCUT2D eigenvalue weighted by molar-refractivity contribution is -0.137. The summed E-state index contributed by atoms with van der Waals surface area (Å²) in [7, 11) is 0. The first kappa shape index (κ1) is 30.4. The Kier molecular flexibility index (Phi) is 9.60. The van der Waals surface area contributed by atoms with Crippen LogP contribution in [0.3, 0.4) is 0 Å². The second kappa shape index (κ2) is 13.0. The number of anilines is 1. The lowest BCUT2D eigenvalue weighted by Crippen LogP contribution is -2.58. The maximum atomic E-state index is 14.2. The molecule has 2 heterocycles. The molecule has 0 bridgehead atoms. The Labute approximate surface area is 250 Å². The molecule has 0 saturated carbocycles. The van der Waals surface area contributed by atoms with Crippen LogP contribution in [-0.2, 0) is 14.3 Å². The van der Waals surface area contributed by atoms with Crippen LogP contribution in [0.1, 0.15) is 44.2 Å². The molecule has 0 unspecified atom stereocenters. The number of nitrogens with zero attached hydrogens (tertiary/aromatic N) is 3. The van der Waals surface area contributed by atoms with Gasteiger partial charge in [-0.1, -0.05) is 24.3 Å². The zero-order valence-electron chi connectivity index (χ0n) is 24.0. The Bertz CT molecular complexity index is 1360. The van der Waals surface area contributed by atoms with Gasteiger partial charge in [-0.25, -0.2) is 4.79 Å². The van der Waals surface area contributed by atoms with E-state index in [-0.39, 0.29) is 17.8 Å². The van der Waals surface area contributed by atoms with Gasteiger partial charge in [-0.05, 0) is 82.0 Å². The van der Waals surface area contributed by atoms with Gasteiger partial charge in [-0.2, -0.15) is 0 Å². The summed E-state index contributed by atoms with van der Waals surface area (Å²) >= 11 is 7.52. The van der Waals surface area contributed by atoms with E-state index >= 15 is 0 Å². The number of halogens is 1. The van der Waals surface area contributed by atoms with Crippen molar-refractivity contribution in [1.82, 2.24) is 9.80 Å². The summed E-state index contributed by atoms with van der Waals surface area (Å²) in [5.41, 5.74) is 0.716. The van der Waals surface area contributed by atoms with Crippen LogP contribution in [0.4, 0.5) is 10.5 Å². The fourth-order valence-electron chi connectivity index (χ4n) is 4.80. The zero-order chi connectivity index (χ0) is 29.7. The van der Waals surface area contributed by atoms with E-state index in [1.54, 1.807) is 21.9 Å². The molecule has 2 atom stereocenters. The van der Waals surface area contributed by atoms with Crippen LogP contribution in [0.5, 0.6) is 11.5 Å². The fourth-order valence-corrected chi connectivity index (χ4v) is 5.73. The highest BCUT2D eigenvalue weighted by molar-refractivity contribution is 7.10. The van der Waals surface area contributed by atoms with Crippen LogP contribution >= 0.6 is 22.9 Å². The molecule has 1 aromatic heterocycles. The summed E-state index contributed by atoms with van der Waals surface area (Å²) in [6.07, 6.45) is -0.403. The Morgan fingerprint density at radius 2 is 1.78 bits per heavy atom. The van der Waals surface area contributed by atoms with Crippen LogP contribution in [0, 0.1) is 6.92 Å². The largest absolute Gasteiger partial charge is 0.457 e.